The number of piperidine rings is 1. The van der Waals surface area contributed by atoms with E-state index in [0.29, 0.717) is 17.1 Å². The van der Waals surface area contributed by atoms with Gasteiger partial charge in [0.2, 0.25) is 0 Å². The third-order valence-corrected chi connectivity index (χ3v) is 3.81. The summed E-state index contributed by atoms with van der Waals surface area (Å²) in [5.41, 5.74) is 0.699. The van der Waals surface area contributed by atoms with Crippen LogP contribution in [0.25, 0.3) is 0 Å². The van der Waals surface area contributed by atoms with Crippen LogP contribution in [0.2, 0.25) is 5.02 Å². The smallest absolute Gasteiger partial charge is 0.275 e. The van der Waals surface area contributed by atoms with Crippen LogP contribution < -0.4 is 0 Å². The quantitative estimate of drug-likeness (QED) is 0.682. The van der Waals surface area contributed by atoms with Crippen molar-refractivity contribution in [3.05, 3.63) is 38.9 Å². The van der Waals surface area contributed by atoms with E-state index in [-0.39, 0.29) is 18.3 Å². The van der Waals surface area contributed by atoms with E-state index in [4.69, 9.17) is 11.6 Å². The van der Waals surface area contributed by atoms with Crippen LogP contribution in [-0.4, -0.2) is 34.1 Å². The first kappa shape index (κ1) is 14.2. The first-order valence-electron chi connectivity index (χ1n) is 6.39. The van der Waals surface area contributed by atoms with Crippen molar-refractivity contribution >= 4 is 17.3 Å². The Hall–Kier alpha value is -1.17. The molecule has 1 heterocycles. The summed E-state index contributed by atoms with van der Waals surface area (Å²) in [6, 6.07) is 4.85. The van der Waals surface area contributed by atoms with Gasteiger partial charge in [-0.1, -0.05) is 18.0 Å². The molecule has 0 aromatic heterocycles. The molecule has 19 heavy (non-hydrogen) atoms. The Morgan fingerprint density at radius 2 is 2.26 bits per heavy atom. The van der Waals surface area contributed by atoms with E-state index in [1.165, 1.54) is 6.07 Å². The monoisotopic (exact) mass is 284 g/mol. The van der Waals surface area contributed by atoms with Crippen molar-refractivity contribution in [1.82, 2.24) is 4.90 Å². The Kier molecular flexibility index (Phi) is 4.74. The molecule has 2 rings (SSSR count). The zero-order chi connectivity index (χ0) is 13.8. The van der Waals surface area contributed by atoms with Crippen LogP contribution in [-0.2, 0) is 6.54 Å². The number of nitro groups is 1. The highest BCUT2D eigenvalue weighted by molar-refractivity contribution is 6.30. The highest BCUT2D eigenvalue weighted by atomic mass is 35.5. The molecule has 1 fully saturated rings. The average Bonchev–Trinajstić information content (AvgIpc) is 2.41. The van der Waals surface area contributed by atoms with E-state index in [9.17, 15) is 15.2 Å². The van der Waals surface area contributed by atoms with Crippen molar-refractivity contribution in [1.29, 1.82) is 0 Å². The summed E-state index contributed by atoms with van der Waals surface area (Å²) < 4.78 is 0. The highest BCUT2D eigenvalue weighted by Gasteiger charge is 2.24. The Bertz CT molecular complexity index is 467. The van der Waals surface area contributed by atoms with Crippen LogP contribution in [0.15, 0.2) is 18.2 Å². The van der Waals surface area contributed by atoms with Crippen LogP contribution in [0.1, 0.15) is 24.8 Å². The zero-order valence-electron chi connectivity index (χ0n) is 10.6. The summed E-state index contributed by atoms with van der Waals surface area (Å²) in [6.07, 6.45) is 3.11. The molecule has 1 aromatic rings. The molecule has 1 saturated heterocycles. The number of aliphatic hydroxyl groups is 1. The second-order valence-electron chi connectivity index (χ2n) is 4.83. The van der Waals surface area contributed by atoms with Gasteiger partial charge >= 0.3 is 0 Å². The first-order valence-corrected chi connectivity index (χ1v) is 6.77. The summed E-state index contributed by atoms with van der Waals surface area (Å²) in [5, 5.41) is 20.8. The molecule has 1 aliphatic rings. The summed E-state index contributed by atoms with van der Waals surface area (Å²) in [5.74, 6) is 0. The van der Waals surface area contributed by atoms with Gasteiger partial charge in [0, 0.05) is 29.2 Å². The van der Waals surface area contributed by atoms with Crippen LogP contribution in [0.4, 0.5) is 5.69 Å². The third kappa shape index (κ3) is 3.43. The summed E-state index contributed by atoms with van der Waals surface area (Å²) >= 11 is 5.80. The number of likely N-dealkylation sites (tertiary alicyclic amines) is 1. The van der Waals surface area contributed by atoms with Gasteiger partial charge in [-0.3, -0.25) is 15.0 Å². The van der Waals surface area contributed by atoms with E-state index < -0.39 is 4.92 Å². The van der Waals surface area contributed by atoms with E-state index in [1.54, 1.807) is 12.1 Å². The van der Waals surface area contributed by atoms with Gasteiger partial charge < -0.3 is 5.11 Å². The maximum Gasteiger partial charge on any atom is 0.275 e. The molecule has 1 aliphatic heterocycles. The second-order valence-corrected chi connectivity index (χ2v) is 5.27. The van der Waals surface area contributed by atoms with Gasteiger partial charge in [0.15, 0.2) is 0 Å². The molecule has 0 radical (unpaired) electrons. The van der Waals surface area contributed by atoms with Crippen molar-refractivity contribution in [3.63, 3.8) is 0 Å². The predicted molar refractivity (Wildman–Crippen MR) is 73.2 cm³/mol. The number of rotatable bonds is 4. The van der Waals surface area contributed by atoms with Gasteiger partial charge in [-0.15, -0.1) is 0 Å². The SMILES string of the molecule is O=[N+]([O-])c1cc(Cl)ccc1CN1CCCCC1CO. The number of aliphatic hydroxyl groups excluding tert-OH is 1. The van der Waals surface area contributed by atoms with E-state index in [0.717, 1.165) is 25.8 Å². The van der Waals surface area contributed by atoms with Crippen molar-refractivity contribution in [3.8, 4) is 0 Å². The third-order valence-electron chi connectivity index (χ3n) is 3.58. The summed E-state index contributed by atoms with van der Waals surface area (Å²) in [4.78, 5) is 12.8. The molecule has 5 nitrogen and oxygen atoms in total. The van der Waals surface area contributed by atoms with Crippen molar-refractivity contribution in [2.45, 2.75) is 31.8 Å². The van der Waals surface area contributed by atoms with E-state index in [1.807, 2.05) is 0 Å². The normalized spacial score (nSPS) is 20.4. The fourth-order valence-corrected chi connectivity index (χ4v) is 2.70. The molecular weight excluding hydrogens is 268 g/mol. The number of benzene rings is 1. The Morgan fingerprint density at radius 3 is 2.95 bits per heavy atom. The molecule has 1 atom stereocenters. The molecule has 104 valence electrons. The summed E-state index contributed by atoms with van der Waals surface area (Å²) in [7, 11) is 0. The van der Waals surface area contributed by atoms with Gasteiger partial charge in [0.1, 0.15) is 0 Å². The van der Waals surface area contributed by atoms with Crippen LogP contribution in [0.3, 0.4) is 0 Å². The topological polar surface area (TPSA) is 66.6 Å². The molecule has 0 spiro atoms. The lowest BCUT2D eigenvalue weighted by Crippen LogP contribution is -2.41. The lowest BCUT2D eigenvalue weighted by atomic mass is 10.0. The predicted octanol–water partition coefficient (Wildman–Crippen LogP) is 2.60. The fraction of sp³-hybridized carbons (Fsp3) is 0.538. The molecule has 1 aromatic carbocycles. The second kappa shape index (κ2) is 6.32. The number of nitrogens with zero attached hydrogens (tertiary/aromatic N) is 2. The Labute approximate surface area is 116 Å². The Balaban J connectivity index is 2.20. The molecule has 0 saturated carbocycles. The van der Waals surface area contributed by atoms with Gasteiger partial charge in [0.05, 0.1) is 11.5 Å². The van der Waals surface area contributed by atoms with E-state index >= 15 is 0 Å². The molecule has 0 bridgehead atoms. The molecule has 0 aliphatic carbocycles. The summed E-state index contributed by atoms with van der Waals surface area (Å²) in [6.45, 7) is 1.45. The van der Waals surface area contributed by atoms with Crippen LogP contribution >= 0.6 is 11.6 Å². The van der Waals surface area contributed by atoms with Gasteiger partial charge in [0.25, 0.3) is 5.69 Å². The number of halogens is 1. The number of nitro benzene ring substituents is 1. The number of hydrogen-bond acceptors (Lipinski definition) is 4. The minimum absolute atomic E-state index is 0.0507. The standard InChI is InChI=1S/C13H17ClN2O3/c14-11-5-4-10(13(7-11)16(18)19)8-15-6-2-1-3-12(15)9-17/h4-5,7,12,17H,1-3,6,8-9H2. The van der Waals surface area contributed by atoms with Gasteiger partial charge in [-0.2, -0.15) is 0 Å². The van der Waals surface area contributed by atoms with Crippen molar-refractivity contribution in [2.75, 3.05) is 13.2 Å². The van der Waals surface area contributed by atoms with Crippen molar-refractivity contribution < 1.29 is 10.0 Å². The zero-order valence-corrected chi connectivity index (χ0v) is 11.3. The van der Waals surface area contributed by atoms with E-state index in [2.05, 4.69) is 4.90 Å². The fourth-order valence-electron chi connectivity index (χ4n) is 2.53. The Morgan fingerprint density at radius 1 is 1.47 bits per heavy atom. The van der Waals surface area contributed by atoms with Crippen LogP contribution in [0, 0.1) is 10.1 Å². The minimum atomic E-state index is -0.404. The minimum Gasteiger partial charge on any atom is -0.395 e. The lowest BCUT2D eigenvalue weighted by molar-refractivity contribution is -0.385. The molecule has 0 amide bonds. The van der Waals surface area contributed by atoms with Gasteiger partial charge in [-0.25, -0.2) is 0 Å². The molecule has 6 heteroatoms. The molecule has 1 unspecified atom stereocenters. The maximum atomic E-state index is 11.0. The van der Waals surface area contributed by atoms with Crippen LogP contribution in [0.5, 0.6) is 0 Å². The largest absolute Gasteiger partial charge is 0.395 e. The highest BCUT2D eigenvalue weighted by Crippen LogP contribution is 2.27. The van der Waals surface area contributed by atoms with Crippen molar-refractivity contribution in [2.24, 2.45) is 0 Å². The molecular formula is C13H17ClN2O3. The maximum absolute atomic E-state index is 11.0. The average molecular weight is 285 g/mol. The number of hydrogen-bond donors (Lipinski definition) is 1. The molecule has 1 N–H and O–H groups in total. The van der Waals surface area contributed by atoms with Gasteiger partial charge in [-0.05, 0) is 31.5 Å². The first-order chi connectivity index (χ1) is 9.11. The lowest BCUT2D eigenvalue weighted by Gasteiger charge is -2.34.